The van der Waals surface area contributed by atoms with E-state index in [0.29, 0.717) is 16.6 Å². The molecule has 134 valence electrons. The number of hydrogen-bond donors (Lipinski definition) is 1. The first kappa shape index (κ1) is 17.8. The Hall–Kier alpha value is -3.01. The molecule has 0 aliphatic carbocycles. The minimum atomic E-state index is -0.498. The Labute approximate surface area is 153 Å². The van der Waals surface area contributed by atoms with Gasteiger partial charge in [0.15, 0.2) is 0 Å². The topological polar surface area (TPSA) is 115 Å². The summed E-state index contributed by atoms with van der Waals surface area (Å²) in [6.07, 6.45) is 0. The molecule has 10 heteroatoms. The number of nitro benzene ring substituents is 1. The van der Waals surface area contributed by atoms with Gasteiger partial charge < -0.3 is 5.32 Å². The Balaban J connectivity index is 1.69. The number of aromatic nitrogens is 4. The molecule has 0 atom stereocenters. The van der Waals surface area contributed by atoms with Gasteiger partial charge in [-0.2, -0.15) is 4.98 Å². The number of benzene rings is 1. The smallest absolute Gasteiger partial charge is 0.271 e. The first-order valence-corrected chi connectivity index (χ1v) is 8.71. The summed E-state index contributed by atoms with van der Waals surface area (Å²) in [7, 11) is 0. The first-order valence-electron chi connectivity index (χ1n) is 7.72. The van der Waals surface area contributed by atoms with E-state index in [2.05, 4.69) is 20.4 Å². The van der Waals surface area contributed by atoms with Crippen molar-refractivity contribution < 1.29 is 9.72 Å². The molecule has 0 saturated heterocycles. The lowest BCUT2D eigenvalue weighted by atomic mass is 10.2. The molecule has 3 rings (SSSR count). The van der Waals surface area contributed by atoms with E-state index in [1.807, 2.05) is 19.9 Å². The van der Waals surface area contributed by atoms with Crippen molar-refractivity contribution in [2.75, 3.05) is 11.1 Å². The fourth-order valence-corrected chi connectivity index (χ4v) is 3.00. The standard InChI is InChI=1S/C16H16N6O3S/c1-9-4-5-12(22(24)25)7-13(9)18-14(23)8-26-16-19-15-17-10(2)6-11(3)21(15)20-16/h4-7H,8H2,1-3H3,(H,18,23). The number of nitro groups is 1. The molecule has 26 heavy (non-hydrogen) atoms. The zero-order valence-electron chi connectivity index (χ0n) is 14.4. The van der Waals surface area contributed by atoms with Crippen LogP contribution < -0.4 is 5.32 Å². The predicted molar refractivity (Wildman–Crippen MR) is 97.4 cm³/mol. The predicted octanol–water partition coefficient (Wildman–Crippen LogP) is 2.69. The number of hydrogen-bond acceptors (Lipinski definition) is 7. The van der Waals surface area contributed by atoms with Crippen LogP contribution in [0.4, 0.5) is 11.4 Å². The van der Waals surface area contributed by atoms with Crippen LogP contribution >= 0.6 is 11.8 Å². The number of nitrogens with one attached hydrogen (secondary N) is 1. The Morgan fingerprint density at radius 3 is 2.77 bits per heavy atom. The summed E-state index contributed by atoms with van der Waals surface area (Å²) in [5.74, 6) is 0.273. The second-order valence-corrected chi connectivity index (χ2v) is 6.68. The highest BCUT2D eigenvalue weighted by molar-refractivity contribution is 7.99. The summed E-state index contributed by atoms with van der Waals surface area (Å²) in [5, 5.41) is 18.3. The van der Waals surface area contributed by atoms with Crippen molar-refractivity contribution in [2.45, 2.75) is 25.9 Å². The first-order chi connectivity index (χ1) is 12.3. The van der Waals surface area contributed by atoms with E-state index in [4.69, 9.17) is 0 Å². The molecule has 0 unspecified atom stereocenters. The fraction of sp³-hybridized carbons (Fsp3) is 0.250. The van der Waals surface area contributed by atoms with Crippen molar-refractivity contribution in [2.24, 2.45) is 0 Å². The lowest BCUT2D eigenvalue weighted by Crippen LogP contribution is -2.15. The van der Waals surface area contributed by atoms with Crippen LogP contribution in [0.3, 0.4) is 0 Å². The van der Waals surface area contributed by atoms with Gasteiger partial charge in [-0.3, -0.25) is 14.9 Å². The van der Waals surface area contributed by atoms with Gasteiger partial charge in [-0.05, 0) is 32.4 Å². The number of non-ortho nitro benzene ring substituents is 1. The SMILES string of the molecule is Cc1cc(C)n2nc(SCC(=O)Nc3cc([N+](=O)[O-])ccc3C)nc2n1. The maximum absolute atomic E-state index is 12.2. The summed E-state index contributed by atoms with van der Waals surface area (Å²) in [4.78, 5) is 31.1. The molecular formula is C16H16N6O3S. The van der Waals surface area contributed by atoms with Crippen LogP contribution in [0.1, 0.15) is 17.0 Å². The molecule has 2 aromatic heterocycles. The van der Waals surface area contributed by atoms with E-state index in [-0.39, 0.29) is 17.3 Å². The molecule has 1 N–H and O–H groups in total. The zero-order valence-corrected chi connectivity index (χ0v) is 15.2. The van der Waals surface area contributed by atoms with Crippen LogP contribution in [0, 0.1) is 30.9 Å². The van der Waals surface area contributed by atoms with Crippen molar-refractivity contribution >= 4 is 34.8 Å². The molecule has 0 bridgehead atoms. The van der Waals surface area contributed by atoms with Gasteiger partial charge in [0, 0.05) is 23.5 Å². The Morgan fingerprint density at radius 1 is 1.27 bits per heavy atom. The van der Waals surface area contributed by atoms with E-state index in [1.165, 1.54) is 23.9 Å². The van der Waals surface area contributed by atoms with Gasteiger partial charge in [0.25, 0.3) is 11.5 Å². The van der Waals surface area contributed by atoms with Gasteiger partial charge in [-0.25, -0.2) is 9.50 Å². The van der Waals surface area contributed by atoms with Gasteiger partial charge in [-0.15, -0.1) is 5.10 Å². The minimum Gasteiger partial charge on any atom is -0.325 e. The third-order valence-corrected chi connectivity index (χ3v) is 4.47. The number of fused-ring (bicyclic) bond motifs is 1. The van der Waals surface area contributed by atoms with Crippen LogP contribution in [0.25, 0.3) is 5.78 Å². The molecule has 0 saturated carbocycles. The average molecular weight is 372 g/mol. The maximum atomic E-state index is 12.2. The Kier molecular flexibility index (Phi) is 4.85. The number of rotatable bonds is 5. The van der Waals surface area contributed by atoms with E-state index < -0.39 is 4.92 Å². The highest BCUT2D eigenvalue weighted by Gasteiger charge is 2.13. The molecular weight excluding hydrogens is 356 g/mol. The molecule has 1 amide bonds. The third-order valence-electron chi connectivity index (χ3n) is 3.64. The van der Waals surface area contributed by atoms with Crippen LogP contribution in [-0.2, 0) is 4.79 Å². The molecule has 0 fully saturated rings. The normalized spacial score (nSPS) is 10.9. The summed E-state index contributed by atoms with van der Waals surface area (Å²) < 4.78 is 1.62. The summed E-state index contributed by atoms with van der Waals surface area (Å²) in [5.41, 5.74) is 2.84. The van der Waals surface area contributed by atoms with Crippen LogP contribution in [0.15, 0.2) is 29.4 Å². The number of aryl methyl sites for hydroxylation is 3. The van der Waals surface area contributed by atoms with Gasteiger partial charge in [0.05, 0.1) is 16.4 Å². The van der Waals surface area contributed by atoms with E-state index in [0.717, 1.165) is 17.0 Å². The van der Waals surface area contributed by atoms with Crippen molar-refractivity contribution in [3.05, 3.63) is 51.3 Å². The highest BCUT2D eigenvalue weighted by atomic mass is 32.2. The molecule has 9 nitrogen and oxygen atoms in total. The molecule has 0 aliphatic heterocycles. The summed E-state index contributed by atoms with van der Waals surface area (Å²) in [6, 6.07) is 6.24. The number of thioether (sulfide) groups is 1. The van der Waals surface area contributed by atoms with Gasteiger partial charge in [-0.1, -0.05) is 17.8 Å². The lowest BCUT2D eigenvalue weighted by molar-refractivity contribution is -0.384. The van der Waals surface area contributed by atoms with Crippen molar-refractivity contribution in [3.63, 3.8) is 0 Å². The second kappa shape index (κ2) is 7.08. The van der Waals surface area contributed by atoms with E-state index >= 15 is 0 Å². The van der Waals surface area contributed by atoms with Crippen molar-refractivity contribution in [3.8, 4) is 0 Å². The maximum Gasteiger partial charge on any atom is 0.271 e. The molecule has 0 spiro atoms. The quantitative estimate of drug-likeness (QED) is 0.416. The molecule has 2 heterocycles. The zero-order chi connectivity index (χ0) is 18.8. The molecule has 0 radical (unpaired) electrons. The Morgan fingerprint density at radius 2 is 2.04 bits per heavy atom. The number of carbonyl (C=O) groups is 1. The number of carbonyl (C=O) groups excluding carboxylic acids is 1. The van der Waals surface area contributed by atoms with Crippen LogP contribution in [0.5, 0.6) is 0 Å². The van der Waals surface area contributed by atoms with E-state index in [1.54, 1.807) is 17.5 Å². The largest absolute Gasteiger partial charge is 0.325 e. The number of nitrogens with zero attached hydrogens (tertiary/aromatic N) is 5. The van der Waals surface area contributed by atoms with Crippen LogP contribution in [0.2, 0.25) is 0 Å². The Bertz CT molecular complexity index is 1020. The monoisotopic (exact) mass is 372 g/mol. The van der Waals surface area contributed by atoms with Gasteiger partial charge >= 0.3 is 0 Å². The minimum absolute atomic E-state index is 0.0718. The van der Waals surface area contributed by atoms with Crippen LogP contribution in [-0.4, -0.2) is 36.2 Å². The molecule has 0 aliphatic rings. The van der Waals surface area contributed by atoms with Crippen molar-refractivity contribution in [1.29, 1.82) is 0 Å². The van der Waals surface area contributed by atoms with Crippen molar-refractivity contribution in [1.82, 2.24) is 19.6 Å². The lowest BCUT2D eigenvalue weighted by Gasteiger charge is -2.07. The second-order valence-electron chi connectivity index (χ2n) is 5.74. The summed E-state index contributed by atoms with van der Waals surface area (Å²) >= 11 is 1.18. The van der Waals surface area contributed by atoms with Gasteiger partial charge in [0.2, 0.25) is 11.1 Å². The summed E-state index contributed by atoms with van der Waals surface area (Å²) in [6.45, 7) is 5.55. The van der Waals surface area contributed by atoms with E-state index in [9.17, 15) is 14.9 Å². The average Bonchev–Trinajstić information content (AvgIpc) is 2.98. The molecule has 3 aromatic rings. The number of amides is 1. The third kappa shape index (κ3) is 3.80. The molecule has 1 aromatic carbocycles. The highest BCUT2D eigenvalue weighted by Crippen LogP contribution is 2.22. The fourth-order valence-electron chi connectivity index (χ4n) is 2.38. The number of anilines is 1. The van der Waals surface area contributed by atoms with Gasteiger partial charge in [0.1, 0.15) is 0 Å².